The third-order valence-electron chi connectivity index (χ3n) is 6.90. The summed E-state index contributed by atoms with van der Waals surface area (Å²) in [7, 11) is 0. The maximum absolute atomic E-state index is 11.6. The molecule has 3 nitrogen and oxygen atoms in total. The Morgan fingerprint density at radius 3 is 2.23 bits per heavy atom. The van der Waals surface area contributed by atoms with Crippen molar-refractivity contribution in [1.82, 2.24) is 9.88 Å². The van der Waals surface area contributed by atoms with Crippen LogP contribution in [0.4, 0.5) is 0 Å². The Kier molecular flexibility index (Phi) is 8.43. The zero-order chi connectivity index (χ0) is 24.9. The third kappa shape index (κ3) is 5.69. The lowest BCUT2D eigenvalue weighted by Gasteiger charge is -2.26. The number of aryl methyl sites for hydroxylation is 2. The SMILES string of the molecule is CCCCN(CCCC)CC(O)c1cc(-c2ccc(C)cc2C)nc2c1cc(Cl)c1ccccc12. The molecule has 35 heavy (non-hydrogen) atoms. The minimum atomic E-state index is -0.629. The summed E-state index contributed by atoms with van der Waals surface area (Å²) in [4.78, 5) is 7.55. The number of aromatic nitrogens is 1. The summed E-state index contributed by atoms with van der Waals surface area (Å²) in [5, 5.41) is 15.2. The van der Waals surface area contributed by atoms with Crippen molar-refractivity contribution in [2.45, 2.75) is 59.5 Å². The Hall–Kier alpha value is -2.46. The first-order valence-corrected chi connectivity index (χ1v) is 13.3. The molecule has 0 aliphatic heterocycles. The van der Waals surface area contributed by atoms with Gasteiger partial charge in [0.2, 0.25) is 0 Å². The number of fused-ring (bicyclic) bond motifs is 3. The monoisotopic (exact) mass is 488 g/mol. The Morgan fingerprint density at radius 1 is 0.886 bits per heavy atom. The van der Waals surface area contributed by atoms with E-state index in [-0.39, 0.29) is 0 Å². The van der Waals surface area contributed by atoms with Crippen molar-refractivity contribution in [1.29, 1.82) is 0 Å². The van der Waals surface area contributed by atoms with Crippen LogP contribution in [-0.4, -0.2) is 34.6 Å². The van der Waals surface area contributed by atoms with E-state index in [4.69, 9.17) is 16.6 Å². The van der Waals surface area contributed by atoms with E-state index < -0.39 is 6.10 Å². The molecule has 4 rings (SSSR count). The number of hydrogen-bond acceptors (Lipinski definition) is 3. The minimum absolute atomic E-state index is 0.607. The van der Waals surface area contributed by atoms with Gasteiger partial charge in [-0.1, -0.05) is 86.3 Å². The van der Waals surface area contributed by atoms with Crippen LogP contribution in [0, 0.1) is 13.8 Å². The van der Waals surface area contributed by atoms with Crippen molar-refractivity contribution >= 4 is 33.3 Å². The van der Waals surface area contributed by atoms with Gasteiger partial charge < -0.3 is 10.0 Å². The lowest BCUT2D eigenvalue weighted by atomic mass is 9.95. The molecule has 0 aliphatic rings. The van der Waals surface area contributed by atoms with Crippen LogP contribution in [0.5, 0.6) is 0 Å². The van der Waals surface area contributed by atoms with Gasteiger partial charge in [-0.05, 0) is 63.0 Å². The maximum Gasteiger partial charge on any atom is 0.0924 e. The average Bonchev–Trinajstić information content (AvgIpc) is 2.85. The summed E-state index contributed by atoms with van der Waals surface area (Å²) in [5.41, 5.74) is 6.19. The van der Waals surface area contributed by atoms with E-state index in [0.717, 1.165) is 77.3 Å². The van der Waals surface area contributed by atoms with Gasteiger partial charge >= 0.3 is 0 Å². The third-order valence-corrected chi connectivity index (χ3v) is 7.22. The fourth-order valence-electron chi connectivity index (χ4n) is 4.95. The van der Waals surface area contributed by atoms with Crippen molar-refractivity contribution in [3.63, 3.8) is 0 Å². The van der Waals surface area contributed by atoms with E-state index in [9.17, 15) is 5.11 Å². The van der Waals surface area contributed by atoms with Gasteiger partial charge in [-0.3, -0.25) is 0 Å². The number of unbranched alkanes of at least 4 members (excludes halogenated alkanes) is 2. The predicted molar refractivity (Wildman–Crippen MR) is 150 cm³/mol. The minimum Gasteiger partial charge on any atom is -0.387 e. The Balaban J connectivity index is 1.88. The maximum atomic E-state index is 11.6. The lowest BCUT2D eigenvalue weighted by molar-refractivity contribution is 0.112. The first kappa shape index (κ1) is 25.6. The van der Waals surface area contributed by atoms with E-state index in [0.29, 0.717) is 11.6 Å². The highest BCUT2D eigenvalue weighted by atomic mass is 35.5. The zero-order valence-electron chi connectivity index (χ0n) is 21.4. The molecule has 1 aromatic heterocycles. The Labute approximate surface area is 214 Å². The molecule has 0 fully saturated rings. The van der Waals surface area contributed by atoms with Gasteiger partial charge in [0.1, 0.15) is 0 Å². The van der Waals surface area contributed by atoms with Crippen LogP contribution in [0.2, 0.25) is 5.02 Å². The molecule has 0 bridgehead atoms. The number of aliphatic hydroxyl groups is 1. The first-order valence-electron chi connectivity index (χ1n) is 12.9. The highest BCUT2D eigenvalue weighted by Gasteiger charge is 2.20. The molecule has 0 saturated heterocycles. The van der Waals surface area contributed by atoms with Crippen molar-refractivity contribution in [2.24, 2.45) is 0 Å². The lowest BCUT2D eigenvalue weighted by Crippen LogP contribution is -2.31. The highest BCUT2D eigenvalue weighted by molar-refractivity contribution is 6.37. The molecular weight excluding hydrogens is 452 g/mol. The number of benzene rings is 3. The molecule has 4 aromatic rings. The Morgan fingerprint density at radius 2 is 1.57 bits per heavy atom. The summed E-state index contributed by atoms with van der Waals surface area (Å²) in [6.07, 6.45) is 3.94. The molecule has 3 aromatic carbocycles. The molecule has 1 unspecified atom stereocenters. The largest absolute Gasteiger partial charge is 0.387 e. The Bertz CT molecular complexity index is 1310. The van der Waals surface area contributed by atoms with Gasteiger partial charge in [0.25, 0.3) is 0 Å². The molecule has 184 valence electrons. The second-order valence-corrected chi connectivity index (χ2v) is 10.1. The fraction of sp³-hybridized carbons (Fsp3) is 0.387. The second kappa shape index (κ2) is 11.5. The van der Waals surface area contributed by atoms with Crippen molar-refractivity contribution in [3.8, 4) is 11.3 Å². The molecule has 0 saturated carbocycles. The van der Waals surface area contributed by atoms with E-state index in [1.165, 1.54) is 11.1 Å². The predicted octanol–water partition coefficient (Wildman–Crippen LogP) is 8.26. The van der Waals surface area contributed by atoms with Gasteiger partial charge in [-0.2, -0.15) is 0 Å². The number of hydrogen-bond donors (Lipinski definition) is 1. The van der Waals surface area contributed by atoms with Gasteiger partial charge in [0.15, 0.2) is 0 Å². The molecule has 0 radical (unpaired) electrons. The average molecular weight is 489 g/mol. The standard InChI is InChI=1S/C31H37ClN2O/c1-5-7-15-34(16-8-6-2)20-30(35)26-19-29(23-14-13-21(3)17-22(23)4)33-31-25-12-10-9-11-24(25)28(32)18-27(26)31/h9-14,17-19,30,35H,5-8,15-16,20H2,1-4H3. The summed E-state index contributed by atoms with van der Waals surface area (Å²) >= 11 is 6.74. The molecule has 0 amide bonds. The topological polar surface area (TPSA) is 36.4 Å². The molecular formula is C31H37ClN2O. The molecule has 1 N–H and O–H groups in total. The van der Waals surface area contributed by atoms with E-state index in [2.05, 4.69) is 62.9 Å². The number of halogens is 1. The summed E-state index contributed by atoms with van der Waals surface area (Å²) in [6, 6.07) is 18.7. The molecule has 1 heterocycles. The summed E-state index contributed by atoms with van der Waals surface area (Å²) < 4.78 is 0. The van der Waals surface area contributed by atoms with Crippen LogP contribution in [-0.2, 0) is 0 Å². The summed E-state index contributed by atoms with van der Waals surface area (Å²) in [6.45, 7) is 11.3. The van der Waals surface area contributed by atoms with Gasteiger partial charge in [-0.25, -0.2) is 4.98 Å². The van der Waals surface area contributed by atoms with Gasteiger partial charge in [0, 0.05) is 33.3 Å². The van der Waals surface area contributed by atoms with E-state index in [1.807, 2.05) is 24.3 Å². The van der Waals surface area contributed by atoms with Gasteiger partial charge in [0.05, 0.1) is 17.3 Å². The van der Waals surface area contributed by atoms with Crippen LogP contribution >= 0.6 is 11.6 Å². The van der Waals surface area contributed by atoms with Gasteiger partial charge in [-0.15, -0.1) is 0 Å². The number of aliphatic hydroxyl groups excluding tert-OH is 1. The van der Waals surface area contributed by atoms with Crippen LogP contribution in [0.3, 0.4) is 0 Å². The smallest absolute Gasteiger partial charge is 0.0924 e. The fourth-order valence-corrected chi connectivity index (χ4v) is 5.22. The molecule has 1 atom stereocenters. The molecule has 0 aliphatic carbocycles. The van der Waals surface area contributed by atoms with E-state index >= 15 is 0 Å². The van der Waals surface area contributed by atoms with Crippen molar-refractivity contribution in [2.75, 3.05) is 19.6 Å². The van der Waals surface area contributed by atoms with Crippen molar-refractivity contribution in [3.05, 3.63) is 76.3 Å². The number of rotatable bonds is 10. The molecule has 4 heteroatoms. The quantitative estimate of drug-likeness (QED) is 0.228. The number of pyridine rings is 1. The first-order chi connectivity index (χ1) is 16.9. The zero-order valence-corrected chi connectivity index (χ0v) is 22.2. The van der Waals surface area contributed by atoms with Crippen LogP contribution in [0.1, 0.15) is 62.3 Å². The number of nitrogens with zero attached hydrogens (tertiary/aromatic N) is 2. The normalized spacial score (nSPS) is 12.7. The molecule has 0 spiro atoms. The summed E-state index contributed by atoms with van der Waals surface area (Å²) in [5.74, 6) is 0. The van der Waals surface area contributed by atoms with Crippen LogP contribution in [0.25, 0.3) is 32.9 Å². The van der Waals surface area contributed by atoms with Crippen LogP contribution in [0.15, 0.2) is 54.6 Å². The highest BCUT2D eigenvalue weighted by Crippen LogP contribution is 2.37. The second-order valence-electron chi connectivity index (χ2n) is 9.74. The van der Waals surface area contributed by atoms with Crippen LogP contribution < -0.4 is 0 Å². The van der Waals surface area contributed by atoms with Crippen molar-refractivity contribution < 1.29 is 5.11 Å². The van der Waals surface area contributed by atoms with E-state index in [1.54, 1.807) is 0 Å².